The summed E-state index contributed by atoms with van der Waals surface area (Å²) in [6, 6.07) is 17.6. The van der Waals surface area contributed by atoms with E-state index in [0.29, 0.717) is 40.4 Å². The smallest absolute Gasteiger partial charge is 0.172 e. The molecule has 0 aliphatic carbocycles. The number of rotatable bonds is 11. The molecule has 0 saturated heterocycles. The van der Waals surface area contributed by atoms with Crippen molar-refractivity contribution in [3.05, 3.63) is 89.0 Å². The second-order valence-electron chi connectivity index (χ2n) is 8.93. The maximum atomic E-state index is 13.8. The van der Waals surface area contributed by atoms with E-state index in [1.165, 1.54) is 12.1 Å². The third-order valence-corrected chi connectivity index (χ3v) is 7.49. The van der Waals surface area contributed by atoms with E-state index in [1.807, 2.05) is 36.5 Å². The fraction of sp³-hybridized carbons (Fsp3) is 0.276. The van der Waals surface area contributed by atoms with Gasteiger partial charge in [-0.1, -0.05) is 43.3 Å². The van der Waals surface area contributed by atoms with Gasteiger partial charge in [-0.25, -0.2) is 9.37 Å². The third kappa shape index (κ3) is 5.87. The minimum absolute atomic E-state index is 0.297. The Bertz CT molecular complexity index is 1390. The predicted octanol–water partition coefficient (Wildman–Crippen LogP) is 7.19. The zero-order valence-corrected chi connectivity index (χ0v) is 23.5. The topological polar surface area (TPSA) is 54.7 Å². The van der Waals surface area contributed by atoms with Crippen LogP contribution >= 0.6 is 23.4 Å². The molecule has 4 rings (SSSR count). The van der Waals surface area contributed by atoms with E-state index >= 15 is 0 Å². The van der Waals surface area contributed by atoms with E-state index in [2.05, 4.69) is 18.4 Å². The van der Waals surface area contributed by atoms with Gasteiger partial charge < -0.3 is 18.9 Å². The first kappa shape index (κ1) is 27.7. The molecule has 200 valence electrons. The number of hydrogen-bond acceptors (Lipinski definition) is 6. The molecule has 1 aromatic heterocycles. The lowest BCUT2D eigenvalue weighted by molar-refractivity contribution is 0.330. The maximum absolute atomic E-state index is 13.8. The summed E-state index contributed by atoms with van der Waals surface area (Å²) in [5.41, 5.74) is 2.30. The molecule has 0 amide bonds. The molecule has 3 aromatic carbocycles. The Kier molecular flexibility index (Phi) is 8.74. The van der Waals surface area contributed by atoms with E-state index in [9.17, 15) is 4.39 Å². The molecule has 0 aliphatic heterocycles. The highest BCUT2D eigenvalue weighted by Crippen LogP contribution is 2.39. The molecular weight excluding hydrogens is 527 g/mol. The molecule has 0 atom stereocenters. The van der Waals surface area contributed by atoms with Gasteiger partial charge in [0.05, 0.1) is 44.8 Å². The van der Waals surface area contributed by atoms with Gasteiger partial charge >= 0.3 is 0 Å². The first-order valence-corrected chi connectivity index (χ1v) is 13.3. The van der Waals surface area contributed by atoms with Crippen LogP contribution < -0.4 is 18.9 Å². The number of halogens is 2. The lowest BCUT2D eigenvalue weighted by atomic mass is 9.81. The fourth-order valence-corrected chi connectivity index (χ4v) is 5.12. The van der Waals surface area contributed by atoms with Gasteiger partial charge in [0.1, 0.15) is 17.3 Å². The minimum atomic E-state index is -0.464. The highest BCUT2D eigenvalue weighted by molar-refractivity contribution is 7.99. The van der Waals surface area contributed by atoms with Crippen LogP contribution in [0.25, 0.3) is 5.69 Å². The van der Waals surface area contributed by atoms with Crippen LogP contribution in [0.4, 0.5) is 4.39 Å². The molecule has 0 spiro atoms. The van der Waals surface area contributed by atoms with Gasteiger partial charge in [-0.2, -0.15) is 0 Å². The number of imidazole rings is 1. The highest BCUT2D eigenvalue weighted by Gasteiger charge is 2.30. The second-order valence-corrected chi connectivity index (χ2v) is 10.4. The van der Waals surface area contributed by atoms with E-state index in [1.54, 1.807) is 51.3 Å². The van der Waals surface area contributed by atoms with Gasteiger partial charge in [-0.3, -0.25) is 4.57 Å². The van der Waals surface area contributed by atoms with E-state index in [0.717, 1.165) is 22.1 Å². The highest BCUT2D eigenvalue weighted by atomic mass is 35.5. The zero-order valence-electron chi connectivity index (χ0n) is 22.0. The van der Waals surface area contributed by atoms with Crippen molar-refractivity contribution in [3.63, 3.8) is 0 Å². The van der Waals surface area contributed by atoms with Crippen molar-refractivity contribution in [2.75, 3.05) is 33.7 Å². The number of aromatic nitrogens is 2. The molecule has 0 aliphatic rings. The first-order valence-electron chi connectivity index (χ1n) is 11.9. The lowest BCUT2D eigenvalue weighted by Gasteiger charge is -2.28. The van der Waals surface area contributed by atoms with Gasteiger partial charge in [0.2, 0.25) is 0 Å². The Morgan fingerprint density at radius 1 is 0.895 bits per heavy atom. The molecule has 1 heterocycles. The van der Waals surface area contributed by atoms with Crippen molar-refractivity contribution in [2.45, 2.75) is 24.4 Å². The largest absolute Gasteiger partial charge is 0.495 e. The standard InChI is InChI=1S/C29H30ClFN2O4S/c1-29(2,19-6-12-23(30)25(16-19)35-4)27-18-32-28(33(27)21-9-7-20(31)8-10-21)38-15-14-37-22-11-13-24(34-3)26(17-22)36-5/h6-13,16-18H,14-15H2,1-5H3. The van der Waals surface area contributed by atoms with Crippen LogP contribution in [-0.4, -0.2) is 43.2 Å². The normalized spacial score (nSPS) is 11.3. The average Bonchev–Trinajstić information content (AvgIpc) is 3.36. The zero-order chi connectivity index (χ0) is 27.3. The van der Waals surface area contributed by atoms with Crippen molar-refractivity contribution in [1.82, 2.24) is 9.55 Å². The molecule has 38 heavy (non-hydrogen) atoms. The molecule has 6 nitrogen and oxygen atoms in total. The molecule has 0 bridgehead atoms. The molecular formula is C29H30ClFN2O4S. The number of benzene rings is 3. The summed E-state index contributed by atoms with van der Waals surface area (Å²) in [6.45, 7) is 4.67. The van der Waals surface area contributed by atoms with Gasteiger partial charge in [0, 0.05) is 22.9 Å². The lowest BCUT2D eigenvalue weighted by Crippen LogP contribution is -2.23. The van der Waals surface area contributed by atoms with Crippen molar-refractivity contribution >= 4 is 23.4 Å². The minimum Gasteiger partial charge on any atom is -0.495 e. The van der Waals surface area contributed by atoms with E-state index in [4.69, 9.17) is 35.5 Å². The summed E-state index contributed by atoms with van der Waals surface area (Å²) in [4.78, 5) is 4.74. The number of hydrogen-bond donors (Lipinski definition) is 0. The van der Waals surface area contributed by atoms with Gasteiger partial charge in [-0.15, -0.1) is 0 Å². The number of methoxy groups -OCH3 is 3. The van der Waals surface area contributed by atoms with Crippen LogP contribution in [0, 0.1) is 5.82 Å². The summed E-state index contributed by atoms with van der Waals surface area (Å²) in [6.07, 6.45) is 1.86. The second kappa shape index (κ2) is 12.0. The third-order valence-electron chi connectivity index (χ3n) is 6.27. The van der Waals surface area contributed by atoms with Crippen LogP contribution in [0.15, 0.2) is 72.0 Å². The van der Waals surface area contributed by atoms with Crippen molar-refractivity contribution in [3.8, 4) is 28.7 Å². The molecule has 0 saturated carbocycles. The Morgan fingerprint density at radius 3 is 2.29 bits per heavy atom. The molecule has 4 aromatic rings. The van der Waals surface area contributed by atoms with Crippen molar-refractivity contribution < 1.29 is 23.3 Å². The van der Waals surface area contributed by atoms with E-state index in [-0.39, 0.29) is 5.82 Å². The number of nitrogens with zero attached hydrogens (tertiary/aromatic N) is 2. The van der Waals surface area contributed by atoms with Crippen LogP contribution in [0.3, 0.4) is 0 Å². The molecule has 0 fully saturated rings. The first-order chi connectivity index (χ1) is 18.3. The summed E-state index contributed by atoms with van der Waals surface area (Å²) >= 11 is 7.84. The Hall–Kier alpha value is -3.36. The molecule has 9 heteroatoms. The monoisotopic (exact) mass is 556 g/mol. The van der Waals surface area contributed by atoms with E-state index < -0.39 is 5.41 Å². The van der Waals surface area contributed by atoms with Gasteiger partial charge in [-0.05, 0) is 54.1 Å². The Labute approximate surface area is 231 Å². The fourth-order valence-electron chi connectivity index (χ4n) is 4.11. The van der Waals surface area contributed by atoms with Gasteiger partial charge in [0.15, 0.2) is 16.7 Å². The van der Waals surface area contributed by atoms with Crippen LogP contribution in [0.5, 0.6) is 23.0 Å². The van der Waals surface area contributed by atoms with Crippen molar-refractivity contribution in [1.29, 1.82) is 0 Å². The quantitative estimate of drug-likeness (QED) is 0.144. The maximum Gasteiger partial charge on any atom is 0.172 e. The SMILES string of the molecule is COc1cc(C(C)(C)c2cnc(SCCOc3ccc(OC)c(OC)c3)n2-c2ccc(F)cc2)ccc1Cl. The summed E-state index contributed by atoms with van der Waals surface area (Å²) in [5.74, 6) is 2.88. The number of ether oxygens (including phenoxy) is 4. The summed E-state index contributed by atoms with van der Waals surface area (Å²) < 4.78 is 37.9. The van der Waals surface area contributed by atoms with Gasteiger partial charge in [0.25, 0.3) is 0 Å². The van der Waals surface area contributed by atoms with Crippen LogP contribution in [0.1, 0.15) is 25.1 Å². The van der Waals surface area contributed by atoms with Crippen LogP contribution in [0.2, 0.25) is 5.02 Å². The molecule has 0 N–H and O–H groups in total. The molecule has 0 unspecified atom stereocenters. The number of thioether (sulfide) groups is 1. The molecule has 0 radical (unpaired) electrons. The average molecular weight is 557 g/mol. The predicted molar refractivity (Wildman–Crippen MR) is 149 cm³/mol. The van der Waals surface area contributed by atoms with Crippen LogP contribution in [-0.2, 0) is 5.41 Å². The van der Waals surface area contributed by atoms with Crippen molar-refractivity contribution in [2.24, 2.45) is 0 Å². The summed E-state index contributed by atoms with van der Waals surface area (Å²) in [7, 11) is 4.78. The summed E-state index contributed by atoms with van der Waals surface area (Å²) in [5, 5.41) is 1.32. The Morgan fingerprint density at radius 2 is 1.61 bits per heavy atom. The Balaban J connectivity index is 1.60.